The Hall–Kier alpha value is -4.22. The fourth-order valence-electron chi connectivity index (χ4n) is 6.21. The fourth-order valence-corrected chi connectivity index (χ4v) is 6.41. The van der Waals surface area contributed by atoms with Gasteiger partial charge in [0.25, 0.3) is 0 Å². The normalized spacial score (nSPS) is 20.4. The average Bonchev–Trinajstić information content (AvgIpc) is 3.36. The zero-order chi connectivity index (χ0) is 27.9. The number of rotatable bonds is 7. The van der Waals surface area contributed by atoms with Crippen LogP contribution < -0.4 is 4.90 Å². The molecule has 5 nitrogen and oxygen atoms in total. The van der Waals surface area contributed by atoms with Gasteiger partial charge in [-0.1, -0.05) is 108 Å². The minimum Gasteiger partial charge on any atom is -0.307 e. The molecule has 4 aromatic carbocycles. The zero-order valence-electron chi connectivity index (χ0n) is 22.2. The molecule has 0 unspecified atom stereocenters. The zero-order valence-corrected chi connectivity index (χ0v) is 23.0. The van der Waals surface area contributed by atoms with Crippen LogP contribution in [0.15, 0.2) is 103 Å². The van der Waals surface area contributed by atoms with Gasteiger partial charge in [-0.05, 0) is 47.7 Å². The summed E-state index contributed by atoms with van der Waals surface area (Å²) in [5.41, 5.74) is 4.00. The summed E-state index contributed by atoms with van der Waals surface area (Å²) in [6.07, 6.45) is 0.284. The number of carbonyl (C=O) groups excluding carboxylic acids is 3. The van der Waals surface area contributed by atoms with Crippen molar-refractivity contribution < 1.29 is 14.4 Å². The summed E-state index contributed by atoms with van der Waals surface area (Å²) in [5, 5.41) is 0.498. The van der Waals surface area contributed by atoms with Crippen LogP contribution in [0.25, 0.3) is 0 Å². The van der Waals surface area contributed by atoms with Gasteiger partial charge in [-0.2, -0.15) is 0 Å². The van der Waals surface area contributed by atoms with Crippen LogP contribution in [0.5, 0.6) is 0 Å². The smallest absolute Gasteiger partial charge is 0.239 e. The van der Waals surface area contributed by atoms with E-state index in [0.717, 1.165) is 27.9 Å². The SMILES string of the molecule is Cc1ccc2c(c1)[C@](Cc1ccccc1)([C@H]1CC(=O)N(Cc3ccccc3Cl)C1=O)C(=O)N2Cc1ccccc1. The van der Waals surface area contributed by atoms with Crippen molar-refractivity contribution in [3.63, 3.8) is 0 Å². The summed E-state index contributed by atoms with van der Waals surface area (Å²) < 4.78 is 0. The van der Waals surface area contributed by atoms with E-state index in [0.29, 0.717) is 23.6 Å². The Bertz CT molecular complexity index is 1600. The number of likely N-dealkylation sites (tertiary alicyclic amines) is 1. The third-order valence-electron chi connectivity index (χ3n) is 8.18. The lowest BCUT2D eigenvalue weighted by molar-refractivity contribution is -0.142. The first kappa shape index (κ1) is 26.0. The van der Waals surface area contributed by atoms with Crippen molar-refractivity contribution in [2.24, 2.45) is 5.92 Å². The molecule has 0 bridgehead atoms. The highest BCUT2D eigenvalue weighted by Crippen LogP contribution is 2.52. The minimum absolute atomic E-state index is 0.0333. The van der Waals surface area contributed by atoms with Crippen LogP contribution in [-0.4, -0.2) is 22.6 Å². The number of benzene rings is 4. The molecule has 0 N–H and O–H groups in total. The van der Waals surface area contributed by atoms with Gasteiger partial charge in [0.2, 0.25) is 17.7 Å². The molecule has 40 heavy (non-hydrogen) atoms. The standard InChI is InChI=1S/C34H29ClN2O3/c1-23-16-17-30-27(18-23)34(20-24-10-4-2-5-11-24,33(40)36(30)21-25-12-6-3-7-13-25)28-19-31(38)37(32(28)39)22-26-14-8-9-15-29(26)35/h2-18,28H,19-22H2,1H3/t28-,34+/m0/s1. The van der Waals surface area contributed by atoms with Crippen LogP contribution in [0.2, 0.25) is 5.02 Å². The van der Waals surface area contributed by atoms with Crippen molar-refractivity contribution in [1.29, 1.82) is 0 Å². The number of hydrogen-bond donors (Lipinski definition) is 0. The van der Waals surface area contributed by atoms with Crippen LogP contribution in [0, 0.1) is 12.8 Å². The van der Waals surface area contributed by atoms with Crippen molar-refractivity contribution in [3.05, 3.63) is 136 Å². The maximum Gasteiger partial charge on any atom is 0.239 e. The Morgan fingerprint density at radius 2 is 1.43 bits per heavy atom. The van der Waals surface area contributed by atoms with Crippen molar-refractivity contribution in [3.8, 4) is 0 Å². The summed E-state index contributed by atoms with van der Waals surface area (Å²) in [6, 6.07) is 32.8. The molecule has 1 saturated heterocycles. The molecule has 6 heteroatoms. The summed E-state index contributed by atoms with van der Waals surface area (Å²) in [4.78, 5) is 45.5. The molecular formula is C34H29ClN2O3. The second kappa shape index (κ2) is 10.4. The molecular weight excluding hydrogens is 520 g/mol. The molecule has 0 spiro atoms. The Kier molecular flexibility index (Phi) is 6.77. The third-order valence-corrected chi connectivity index (χ3v) is 8.55. The minimum atomic E-state index is -1.22. The molecule has 0 aliphatic carbocycles. The number of aryl methyl sites for hydroxylation is 1. The van der Waals surface area contributed by atoms with Gasteiger partial charge in [0, 0.05) is 17.1 Å². The highest BCUT2D eigenvalue weighted by atomic mass is 35.5. The van der Waals surface area contributed by atoms with Gasteiger partial charge in [-0.3, -0.25) is 19.3 Å². The molecule has 2 aliphatic rings. The van der Waals surface area contributed by atoms with Crippen LogP contribution in [-0.2, 0) is 39.3 Å². The predicted molar refractivity (Wildman–Crippen MR) is 156 cm³/mol. The van der Waals surface area contributed by atoms with Gasteiger partial charge >= 0.3 is 0 Å². The maximum absolute atomic E-state index is 14.8. The van der Waals surface area contributed by atoms with Crippen LogP contribution >= 0.6 is 11.6 Å². The van der Waals surface area contributed by atoms with E-state index in [-0.39, 0.29) is 30.7 Å². The van der Waals surface area contributed by atoms with E-state index in [1.54, 1.807) is 11.0 Å². The van der Waals surface area contributed by atoms with Crippen LogP contribution in [0.1, 0.15) is 34.2 Å². The quantitative estimate of drug-likeness (QED) is 0.256. The van der Waals surface area contributed by atoms with E-state index in [9.17, 15) is 14.4 Å². The number of amides is 3. The lowest BCUT2D eigenvalue weighted by Gasteiger charge is -2.34. The Morgan fingerprint density at radius 1 is 0.775 bits per heavy atom. The van der Waals surface area contributed by atoms with Gasteiger partial charge in [0.15, 0.2) is 0 Å². The average molecular weight is 549 g/mol. The third kappa shape index (κ3) is 4.40. The Balaban J connectivity index is 1.48. The first-order valence-corrected chi connectivity index (χ1v) is 13.8. The highest BCUT2D eigenvalue weighted by molar-refractivity contribution is 6.31. The largest absolute Gasteiger partial charge is 0.307 e. The van der Waals surface area contributed by atoms with Crippen molar-refractivity contribution >= 4 is 35.0 Å². The maximum atomic E-state index is 14.8. The van der Waals surface area contributed by atoms with E-state index in [2.05, 4.69) is 0 Å². The molecule has 1 fully saturated rings. The number of hydrogen-bond acceptors (Lipinski definition) is 3. The molecule has 2 atom stereocenters. The lowest BCUT2D eigenvalue weighted by atomic mass is 9.66. The van der Waals surface area contributed by atoms with Gasteiger partial charge in [0.05, 0.1) is 24.4 Å². The molecule has 0 radical (unpaired) electrons. The molecule has 200 valence electrons. The monoisotopic (exact) mass is 548 g/mol. The summed E-state index contributed by atoms with van der Waals surface area (Å²) >= 11 is 6.39. The summed E-state index contributed by atoms with van der Waals surface area (Å²) in [6.45, 7) is 2.45. The van der Waals surface area contributed by atoms with E-state index < -0.39 is 11.3 Å². The topological polar surface area (TPSA) is 57.7 Å². The van der Waals surface area contributed by atoms with Gasteiger partial charge < -0.3 is 4.90 Å². The molecule has 2 aliphatic heterocycles. The number of carbonyl (C=O) groups is 3. The number of anilines is 1. The van der Waals surface area contributed by atoms with Crippen molar-refractivity contribution in [2.45, 2.75) is 38.3 Å². The van der Waals surface area contributed by atoms with Crippen molar-refractivity contribution in [1.82, 2.24) is 4.90 Å². The summed E-state index contributed by atoms with van der Waals surface area (Å²) in [5.74, 6) is -1.60. The summed E-state index contributed by atoms with van der Waals surface area (Å²) in [7, 11) is 0. The molecule has 6 rings (SSSR count). The molecule has 2 heterocycles. The molecule has 4 aromatic rings. The number of fused-ring (bicyclic) bond motifs is 1. The number of imide groups is 1. The molecule has 3 amide bonds. The number of nitrogens with zero attached hydrogens (tertiary/aromatic N) is 2. The molecule has 0 aromatic heterocycles. The molecule has 0 saturated carbocycles. The van der Waals surface area contributed by atoms with Crippen LogP contribution in [0.4, 0.5) is 5.69 Å². The van der Waals surface area contributed by atoms with E-state index in [1.165, 1.54) is 4.90 Å². The van der Waals surface area contributed by atoms with Gasteiger partial charge in [0.1, 0.15) is 0 Å². The van der Waals surface area contributed by atoms with Crippen LogP contribution in [0.3, 0.4) is 0 Å². The predicted octanol–water partition coefficient (Wildman–Crippen LogP) is 6.25. The van der Waals surface area contributed by atoms with E-state index in [4.69, 9.17) is 11.6 Å². The Labute approximate surface area is 239 Å². The Morgan fingerprint density at radius 3 is 2.12 bits per heavy atom. The lowest BCUT2D eigenvalue weighted by Crippen LogP contribution is -2.49. The highest BCUT2D eigenvalue weighted by Gasteiger charge is 2.61. The number of halogens is 1. The first-order chi connectivity index (χ1) is 19.4. The van der Waals surface area contributed by atoms with Crippen molar-refractivity contribution in [2.75, 3.05) is 4.90 Å². The van der Waals surface area contributed by atoms with Gasteiger partial charge in [-0.25, -0.2) is 0 Å². The second-order valence-electron chi connectivity index (χ2n) is 10.7. The van der Waals surface area contributed by atoms with E-state index >= 15 is 0 Å². The first-order valence-electron chi connectivity index (χ1n) is 13.5. The van der Waals surface area contributed by atoms with Gasteiger partial charge in [-0.15, -0.1) is 0 Å². The van der Waals surface area contributed by atoms with E-state index in [1.807, 2.05) is 104 Å². The fraction of sp³-hybridized carbons (Fsp3) is 0.206. The second-order valence-corrected chi connectivity index (χ2v) is 11.1.